The minimum atomic E-state index is -3.58. The van der Waals surface area contributed by atoms with Gasteiger partial charge in [-0.05, 0) is 66.4 Å². The number of hydrogen-bond donors (Lipinski definition) is 1. The third kappa shape index (κ3) is 3.80. The van der Waals surface area contributed by atoms with E-state index >= 15 is 0 Å². The lowest BCUT2D eigenvalue weighted by atomic mass is 9.94. The third-order valence-electron chi connectivity index (χ3n) is 6.28. The Labute approximate surface area is 197 Å². The molecular weight excluding hydrogens is 459 g/mol. The van der Waals surface area contributed by atoms with Gasteiger partial charge in [-0.1, -0.05) is 18.2 Å². The normalized spacial score (nSPS) is 15.9. The Kier molecular flexibility index (Phi) is 5.33. The number of carbonyl (C=O) groups is 1. The maximum absolute atomic E-state index is 14.6. The second-order valence-corrected chi connectivity index (χ2v) is 10.8. The van der Waals surface area contributed by atoms with Gasteiger partial charge in [0.2, 0.25) is 22.7 Å². The van der Waals surface area contributed by atoms with Gasteiger partial charge in [0, 0.05) is 25.3 Å². The average Bonchev–Trinajstić information content (AvgIpc) is 3.51. The number of anilines is 1. The monoisotopic (exact) mass is 482 g/mol. The van der Waals surface area contributed by atoms with Crippen LogP contribution in [-0.2, 0) is 20.2 Å². The fraction of sp³-hybridized carbons (Fsp3) is 0.240. The van der Waals surface area contributed by atoms with Gasteiger partial charge in [-0.2, -0.15) is 0 Å². The van der Waals surface area contributed by atoms with Gasteiger partial charge < -0.3 is 14.8 Å². The number of amides is 1. The van der Waals surface area contributed by atoms with E-state index in [0.717, 1.165) is 9.87 Å². The SMILES string of the molecule is CN(C)S(=O)(=O)c1ccc(-c2cc(NC(=O)C3(c4ccc5c(c4)OCO5)CC3)ccc2F)cc1. The highest BCUT2D eigenvalue weighted by molar-refractivity contribution is 7.89. The van der Waals surface area contributed by atoms with Crippen LogP contribution in [0.2, 0.25) is 0 Å². The molecule has 7 nitrogen and oxygen atoms in total. The summed E-state index contributed by atoms with van der Waals surface area (Å²) in [6.07, 6.45) is 1.41. The maximum Gasteiger partial charge on any atom is 0.242 e. The molecule has 2 aliphatic rings. The number of nitrogens with one attached hydrogen (secondary N) is 1. The number of nitrogens with zero attached hydrogens (tertiary/aromatic N) is 1. The zero-order valence-corrected chi connectivity index (χ0v) is 19.5. The molecule has 0 spiro atoms. The quantitative estimate of drug-likeness (QED) is 0.571. The van der Waals surface area contributed by atoms with E-state index in [1.54, 1.807) is 24.3 Å². The van der Waals surface area contributed by atoms with Gasteiger partial charge in [0.1, 0.15) is 5.82 Å². The van der Waals surface area contributed by atoms with Crippen LogP contribution >= 0.6 is 0 Å². The Morgan fingerprint density at radius 2 is 1.68 bits per heavy atom. The molecule has 176 valence electrons. The van der Waals surface area contributed by atoms with Crippen molar-refractivity contribution in [3.8, 4) is 22.6 Å². The summed E-state index contributed by atoms with van der Waals surface area (Å²) >= 11 is 0. The summed E-state index contributed by atoms with van der Waals surface area (Å²) in [5.74, 6) is 0.641. The van der Waals surface area contributed by atoms with Crippen LogP contribution in [0.5, 0.6) is 11.5 Å². The Bertz CT molecular complexity index is 1380. The lowest BCUT2D eigenvalue weighted by Crippen LogP contribution is -2.27. The van der Waals surface area contributed by atoms with Gasteiger partial charge in [-0.15, -0.1) is 0 Å². The van der Waals surface area contributed by atoms with Gasteiger partial charge in [-0.25, -0.2) is 17.1 Å². The predicted octanol–water partition coefficient (Wildman–Crippen LogP) is 4.14. The average molecular weight is 483 g/mol. The first-order valence-corrected chi connectivity index (χ1v) is 12.2. The van der Waals surface area contributed by atoms with Crippen molar-refractivity contribution in [2.24, 2.45) is 0 Å². The van der Waals surface area contributed by atoms with E-state index in [-0.39, 0.29) is 23.2 Å². The first kappa shape index (κ1) is 22.4. The molecule has 34 heavy (non-hydrogen) atoms. The molecule has 1 heterocycles. The van der Waals surface area contributed by atoms with Gasteiger partial charge in [0.05, 0.1) is 10.3 Å². The number of fused-ring (bicyclic) bond motifs is 1. The Balaban J connectivity index is 1.39. The number of sulfonamides is 1. The topological polar surface area (TPSA) is 84.9 Å². The summed E-state index contributed by atoms with van der Waals surface area (Å²) in [7, 11) is -0.685. The van der Waals surface area contributed by atoms with E-state index in [4.69, 9.17) is 9.47 Å². The zero-order valence-electron chi connectivity index (χ0n) is 18.7. The van der Waals surface area contributed by atoms with Crippen molar-refractivity contribution < 1.29 is 27.1 Å². The standard InChI is InChI=1S/C25H23FN2O5S/c1-28(2)34(30,31)19-7-3-16(4-8-19)20-14-18(6-9-21(20)26)27-24(29)25(11-12-25)17-5-10-22-23(13-17)33-15-32-22/h3-10,13-14H,11-12,15H2,1-2H3,(H,27,29). The molecule has 1 N–H and O–H groups in total. The number of rotatable bonds is 6. The molecular formula is C25H23FN2O5S. The number of benzene rings is 3. The molecule has 3 aromatic carbocycles. The highest BCUT2D eigenvalue weighted by Crippen LogP contribution is 2.51. The van der Waals surface area contributed by atoms with Gasteiger partial charge >= 0.3 is 0 Å². The fourth-order valence-electron chi connectivity index (χ4n) is 4.06. The van der Waals surface area contributed by atoms with E-state index in [2.05, 4.69) is 5.32 Å². The third-order valence-corrected chi connectivity index (χ3v) is 8.11. The summed E-state index contributed by atoms with van der Waals surface area (Å²) in [6.45, 7) is 0.165. The van der Waals surface area contributed by atoms with Crippen molar-refractivity contribution in [1.82, 2.24) is 4.31 Å². The fourth-order valence-corrected chi connectivity index (χ4v) is 4.96. The highest BCUT2D eigenvalue weighted by atomic mass is 32.2. The number of halogens is 1. The smallest absolute Gasteiger partial charge is 0.242 e. The van der Waals surface area contributed by atoms with Crippen LogP contribution in [0.4, 0.5) is 10.1 Å². The molecule has 1 aliphatic carbocycles. The summed E-state index contributed by atoms with van der Waals surface area (Å²) in [5.41, 5.74) is 1.42. The zero-order chi connectivity index (χ0) is 24.1. The Morgan fingerprint density at radius 3 is 2.35 bits per heavy atom. The van der Waals surface area contributed by atoms with Crippen LogP contribution in [-0.4, -0.2) is 39.5 Å². The largest absolute Gasteiger partial charge is 0.454 e. The second kappa shape index (κ2) is 8.11. The molecule has 0 atom stereocenters. The predicted molar refractivity (Wildman–Crippen MR) is 125 cm³/mol. The molecule has 1 saturated carbocycles. The molecule has 1 fully saturated rings. The van der Waals surface area contributed by atoms with Crippen molar-refractivity contribution in [2.45, 2.75) is 23.2 Å². The van der Waals surface area contributed by atoms with Crippen molar-refractivity contribution in [2.75, 3.05) is 26.2 Å². The van der Waals surface area contributed by atoms with Crippen molar-refractivity contribution in [3.63, 3.8) is 0 Å². The van der Waals surface area contributed by atoms with Crippen molar-refractivity contribution >= 4 is 21.6 Å². The van der Waals surface area contributed by atoms with E-state index in [9.17, 15) is 17.6 Å². The molecule has 1 amide bonds. The minimum absolute atomic E-state index is 0.116. The van der Waals surface area contributed by atoms with Crippen LogP contribution in [0.1, 0.15) is 18.4 Å². The molecule has 0 aromatic heterocycles. The van der Waals surface area contributed by atoms with E-state index < -0.39 is 21.3 Å². The minimum Gasteiger partial charge on any atom is -0.454 e. The molecule has 9 heteroatoms. The molecule has 0 unspecified atom stereocenters. The summed E-state index contributed by atoms with van der Waals surface area (Å²) in [4.78, 5) is 13.3. The first-order valence-electron chi connectivity index (χ1n) is 10.7. The molecule has 0 bridgehead atoms. The number of ether oxygens (including phenoxy) is 2. The summed E-state index contributed by atoms with van der Waals surface area (Å²) in [5, 5.41) is 2.92. The number of hydrogen-bond acceptors (Lipinski definition) is 5. The lowest BCUT2D eigenvalue weighted by molar-refractivity contribution is -0.118. The van der Waals surface area contributed by atoms with Crippen molar-refractivity contribution in [1.29, 1.82) is 0 Å². The molecule has 1 aliphatic heterocycles. The van der Waals surface area contributed by atoms with Crippen molar-refractivity contribution in [3.05, 3.63) is 72.0 Å². The van der Waals surface area contributed by atoms with Crippen LogP contribution in [0.15, 0.2) is 65.6 Å². The van der Waals surface area contributed by atoms with Crippen LogP contribution in [0.25, 0.3) is 11.1 Å². The molecule has 0 saturated heterocycles. The van der Waals surface area contributed by atoms with E-state index in [1.807, 2.05) is 12.1 Å². The highest BCUT2D eigenvalue weighted by Gasteiger charge is 2.51. The summed E-state index contributed by atoms with van der Waals surface area (Å²) in [6, 6.07) is 15.9. The van der Waals surface area contributed by atoms with E-state index in [0.29, 0.717) is 35.6 Å². The first-order chi connectivity index (χ1) is 16.2. The Morgan fingerprint density at radius 1 is 0.971 bits per heavy atom. The molecule has 5 rings (SSSR count). The molecule has 3 aromatic rings. The molecule has 0 radical (unpaired) electrons. The Hall–Kier alpha value is -3.43. The van der Waals surface area contributed by atoms with Gasteiger partial charge in [-0.3, -0.25) is 4.79 Å². The van der Waals surface area contributed by atoms with Gasteiger partial charge in [0.15, 0.2) is 11.5 Å². The lowest BCUT2D eigenvalue weighted by Gasteiger charge is -2.17. The summed E-state index contributed by atoms with van der Waals surface area (Å²) < 4.78 is 51.1. The van der Waals surface area contributed by atoms with Crippen LogP contribution < -0.4 is 14.8 Å². The second-order valence-electron chi connectivity index (χ2n) is 8.61. The van der Waals surface area contributed by atoms with Crippen LogP contribution in [0, 0.1) is 5.82 Å². The number of carbonyl (C=O) groups excluding carboxylic acids is 1. The maximum atomic E-state index is 14.6. The van der Waals surface area contributed by atoms with Gasteiger partial charge in [0.25, 0.3) is 0 Å². The van der Waals surface area contributed by atoms with E-state index in [1.165, 1.54) is 38.4 Å². The van der Waals surface area contributed by atoms with Crippen LogP contribution in [0.3, 0.4) is 0 Å².